The van der Waals surface area contributed by atoms with Gasteiger partial charge in [-0.05, 0) is 55.3 Å². The Morgan fingerprint density at radius 1 is 1.00 bits per heavy atom. The molecule has 0 aliphatic heterocycles. The van der Waals surface area contributed by atoms with Crippen LogP contribution < -0.4 is 10.6 Å². The second kappa shape index (κ2) is 6.73. The van der Waals surface area contributed by atoms with E-state index in [2.05, 4.69) is 10.6 Å². The van der Waals surface area contributed by atoms with E-state index in [0.717, 1.165) is 23.3 Å². The number of nitrogens with one attached hydrogen (secondary N) is 2. The van der Waals surface area contributed by atoms with Gasteiger partial charge in [-0.15, -0.1) is 0 Å². The van der Waals surface area contributed by atoms with Gasteiger partial charge in [0.05, 0.1) is 12.1 Å². The van der Waals surface area contributed by atoms with E-state index in [1.165, 1.54) is 12.1 Å². The first-order valence-corrected chi connectivity index (χ1v) is 7.04. The Bertz CT molecular complexity index is 711. The number of carbonyl (C=O) groups is 1. The van der Waals surface area contributed by atoms with Gasteiger partial charge >= 0.3 is 6.18 Å². The van der Waals surface area contributed by atoms with Gasteiger partial charge in [0.1, 0.15) is 0 Å². The molecule has 0 aliphatic carbocycles. The lowest BCUT2D eigenvalue weighted by Crippen LogP contribution is -2.22. The molecule has 0 spiro atoms. The van der Waals surface area contributed by atoms with Gasteiger partial charge in [0, 0.05) is 11.4 Å². The van der Waals surface area contributed by atoms with Gasteiger partial charge in [-0.3, -0.25) is 4.79 Å². The Morgan fingerprint density at radius 2 is 1.74 bits per heavy atom. The van der Waals surface area contributed by atoms with Gasteiger partial charge in [0.2, 0.25) is 5.91 Å². The first kappa shape index (κ1) is 16.9. The fraction of sp³-hybridized carbons (Fsp3) is 0.235. The summed E-state index contributed by atoms with van der Waals surface area (Å²) in [4.78, 5) is 11.9. The molecule has 0 saturated carbocycles. The van der Waals surface area contributed by atoms with Crippen LogP contribution in [0.4, 0.5) is 24.5 Å². The Labute approximate surface area is 132 Å². The third-order valence-corrected chi connectivity index (χ3v) is 3.43. The lowest BCUT2D eigenvalue weighted by atomic mass is 10.1. The van der Waals surface area contributed by atoms with Gasteiger partial charge in [-0.2, -0.15) is 13.2 Å². The Balaban J connectivity index is 1.95. The normalized spacial score (nSPS) is 11.2. The van der Waals surface area contributed by atoms with Crippen LogP contribution in [0.1, 0.15) is 16.7 Å². The number of rotatable bonds is 4. The summed E-state index contributed by atoms with van der Waals surface area (Å²) in [7, 11) is 0. The van der Waals surface area contributed by atoms with Crippen molar-refractivity contribution >= 4 is 17.3 Å². The standard InChI is InChI=1S/C17H17F3N2O/c1-11-6-7-15(8-12(11)2)22-16(23)10-21-14-5-3-4-13(9-14)17(18,19)20/h3-9,21H,10H2,1-2H3,(H,22,23). The third kappa shape index (κ3) is 4.74. The molecule has 0 bridgehead atoms. The minimum atomic E-state index is -4.40. The molecule has 2 N–H and O–H groups in total. The highest BCUT2D eigenvalue weighted by Gasteiger charge is 2.30. The number of carbonyl (C=O) groups excluding carboxylic acids is 1. The van der Waals surface area contributed by atoms with Gasteiger partial charge in [0.25, 0.3) is 0 Å². The lowest BCUT2D eigenvalue weighted by Gasteiger charge is -2.11. The molecule has 0 atom stereocenters. The summed E-state index contributed by atoms with van der Waals surface area (Å²) >= 11 is 0. The van der Waals surface area contributed by atoms with E-state index >= 15 is 0 Å². The molecule has 3 nitrogen and oxygen atoms in total. The Kier molecular flexibility index (Phi) is 4.93. The number of aryl methyl sites for hydroxylation is 2. The molecule has 2 aromatic carbocycles. The van der Waals surface area contributed by atoms with Crippen molar-refractivity contribution in [3.63, 3.8) is 0 Å². The van der Waals surface area contributed by atoms with Crippen molar-refractivity contribution in [1.82, 2.24) is 0 Å². The van der Waals surface area contributed by atoms with Crippen LogP contribution in [0.3, 0.4) is 0 Å². The molecule has 2 aromatic rings. The highest BCUT2D eigenvalue weighted by atomic mass is 19.4. The number of benzene rings is 2. The molecule has 2 rings (SSSR count). The molecule has 0 heterocycles. The zero-order valence-electron chi connectivity index (χ0n) is 12.8. The monoisotopic (exact) mass is 322 g/mol. The topological polar surface area (TPSA) is 41.1 Å². The molecule has 0 aromatic heterocycles. The maximum absolute atomic E-state index is 12.6. The molecule has 0 radical (unpaired) electrons. The van der Waals surface area contributed by atoms with E-state index in [1.54, 1.807) is 6.07 Å². The van der Waals surface area contributed by atoms with Crippen molar-refractivity contribution in [2.45, 2.75) is 20.0 Å². The van der Waals surface area contributed by atoms with Gasteiger partial charge in [-0.1, -0.05) is 12.1 Å². The molecule has 0 saturated heterocycles. The molecular formula is C17H17F3N2O. The fourth-order valence-electron chi connectivity index (χ4n) is 2.01. The van der Waals surface area contributed by atoms with Crippen LogP contribution in [0.15, 0.2) is 42.5 Å². The quantitative estimate of drug-likeness (QED) is 0.877. The number of hydrogen-bond acceptors (Lipinski definition) is 2. The van der Waals surface area contributed by atoms with E-state index in [1.807, 2.05) is 26.0 Å². The predicted molar refractivity (Wildman–Crippen MR) is 84.5 cm³/mol. The Hall–Kier alpha value is -2.50. The first-order valence-electron chi connectivity index (χ1n) is 7.04. The summed E-state index contributed by atoms with van der Waals surface area (Å²) < 4.78 is 37.9. The van der Waals surface area contributed by atoms with E-state index in [0.29, 0.717) is 5.69 Å². The van der Waals surface area contributed by atoms with Crippen molar-refractivity contribution in [2.24, 2.45) is 0 Å². The van der Waals surface area contributed by atoms with E-state index in [9.17, 15) is 18.0 Å². The Morgan fingerprint density at radius 3 is 2.39 bits per heavy atom. The van der Waals surface area contributed by atoms with Crippen LogP contribution in [-0.4, -0.2) is 12.5 Å². The predicted octanol–water partition coefficient (Wildman–Crippen LogP) is 4.37. The lowest BCUT2D eigenvalue weighted by molar-refractivity contribution is -0.137. The van der Waals surface area contributed by atoms with E-state index in [-0.39, 0.29) is 18.1 Å². The second-order valence-corrected chi connectivity index (χ2v) is 5.28. The maximum Gasteiger partial charge on any atom is 0.416 e. The van der Waals surface area contributed by atoms with Crippen LogP contribution in [0, 0.1) is 13.8 Å². The summed E-state index contributed by atoms with van der Waals surface area (Å²) in [5.41, 5.74) is 2.31. The molecule has 0 aliphatic rings. The summed E-state index contributed by atoms with van der Waals surface area (Å²) in [5.74, 6) is -0.328. The van der Waals surface area contributed by atoms with Gasteiger partial charge in [0.15, 0.2) is 0 Å². The maximum atomic E-state index is 12.6. The van der Waals surface area contributed by atoms with Crippen molar-refractivity contribution in [1.29, 1.82) is 0 Å². The molecule has 6 heteroatoms. The zero-order chi connectivity index (χ0) is 17.0. The number of alkyl halides is 3. The molecule has 23 heavy (non-hydrogen) atoms. The van der Waals surface area contributed by atoms with Crippen LogP contribution >= 0.6 is 0 Å². The first-order chi connectivity index (χ1) is 10.8. The fourth-order valence-corrected chi connectivity index (χ4v) is 2.01. The van der Waals surface area contributed by atoms with Crippen LogP contribution in [0.5, 0.6) is 0 Å². The molecule has 1 amide bonds. The minimum Gasteiger partial charge on any atom is -0.376 e. The minimum absolute atomic E-state index is 0.117. The molecule has 0 fully saturated rings. The van der Waals surface area contributed by atoms with Crippen LogP contribution in [-0.2, 0) is 11.0 Å². The van der Waals surface area contributed by atoms with Crippen molar-refractivity contribution in [3.05, 3.63) is 59.2 Å². The van der Waals surface area contributed by atoms with E-state index in [4.69, 9.17) is 0 Å². The number of amides is 1. The molecular weight excluding hydrogens is 305 g/mol. The van der Waals surface area contributed by atoms with Crippen molar-refractivity contribution in [3.8, 4) is 0 Å². The summed E-state index contributed by atoms with van der Waals surface area (Å²) in [6.45, 7) is 3.79. The summed E-state index contributed by atoms with van der Waals surface area (Å²) in [6.07, 6.45) is -4.40. The zero-order valence-corrected chi connectivity index (χ0v) is 12.8. The third-order valence-electron chi connectivity index (χ3n) is 3.43. The molecule has 122 valence electrons. The second-order valence-electron chi connectivity index (χ2n) is 5.28. The van der Waals surface area contributed by atoms with E-state index < -0.39 is 11.7 Å². The highest BCUT2D eigenvalue weighted by Crippen LogP contribution is 2.30. The average Bonchev–Trinajstić information content (AvgIpc) is 2.48. The van der Waals surface area contributed by atoms with Gasteiger partial charge < -0.3 is 10.6 Å². The largest absolute Gasteiger partial charge is 0.416 e. The van der Waals surface area contributed by atoms with Crippen molar-refractivity contribution in [2.75, 3.05) is 17.2 Å². The highest BCUT2D eigenvalue weighted by molar-refractivity contribution is 5.93. The number of halogens is 3. The summed E-state index contributed by atoms with van der Waals surface area (Å²) in [6, 6.07) is 10.3. The SMILES string of the molecule is Cc1ccc(NC(=O)CNc2cccc(C(F)(F)F)c2)cc1C. The van der Waals surface area contributed by atoms with Gasteiger partial charge in [-0.25, -0.2) is 0 Å². The number of hydrogen-bond donors (Lipinski definition) is 2. The molecule has 0 unspecified atom stereocenters. The van der Waals surface area contributed by atoms with Crippen LogP contribution in [0.2, 0.25) is 0 Å². The van der Waals surface area contributed by atoms with Crippen LogP contribution in [0.25, 0.3) is 0 Å². The summed E-state index contributed by atoms with van der Waals surface area (Å²) in [5, 5.41) is 5.39. The number of anilines is 2. The average molecular weight is 322 g/mol. The smallest absolute Gasteiger partial charge is 0.376 e. The van der Waals surface area contributed by atoms with Crippen molar-refractivity contribution < 1.29 is 18.0 Å².